The monoisotopic (exact) mass is 237 g/mol. The Morgan fingerprint density at radius 3 is 2.71 bits per heavy atom. The number of nitrogens with zero attached hydrogens (tertiary/aromatic N) is 1. The molecule has 0 bridgehead atoms. The van der Waals surface area contributed by atoms with E-state index in [9.17, 15) is 0 Å². The molecule has 1 aromatic carbocycles. The Balaban J connectivity index is 2.53. The van der Waals surface area contributed by atoms with Crippen LogP contribution in [-0.2, 0) is 9.47 Å². The van der Waals surface area contributed by atoms with Gasteiger partial charge in [-0.1, -0.05) is 23.4 Å². The third kappa shape index (κ3) is 1.59. The van der Waals surface area contributed by atoms with Gasteiger partial charge in [0.05, 0.1) is 0 Å². The first-order valence-electron chi connectivity index (χ1n) is 5.24. The average Bonchev–Trinajstić information content (AvgIpc) is 2.72. The highest BCUT2D eigenvalue weighted by Crippen LogP contribution is 2.46. The van der Waals surface area contributed by atoms with E-state index in [0.717, 1.165) is 5.56 Å². The number of hydrogen-bond donors (Lipinski definition) is 1. The summed E-state index contributed by atoms with van der Waals surface area (Å²) < 4.78 is 16.6. The van der Waals surface area contributed by atoms with Crippen LogP contribution in [0.4, 0.5) is 0 Å². The molecule has 0 aliphatic carbocycles. The summed E-state index contributed by atoms with van der Waals surface area (Å²) in [5.74, 6) is -0.531. The molecule has 2 rings (SSSR count). The van der Waals surface area contributed by atoms with Crippen LogP contribution in [-0.4, -0.2) is 30.9 Å². The Kier molecular flexibility index (Phi) is 3.04. The topological polar surface area (TPSA) is 60.3 Å². The zero-order valence-corrected chi connectivity index (χ0v) is 10.0. The highest BCUT2D eigenvalue weighted by atomic mass is 16.7. The zero-order chi connectivity index (χ0) is 12.5. The van der Waals surface area contributed by atoms with Gasteiger partial charge in [-0.05, 0) is 13.0 Å². The Bertz CT molecular complexity index is 446. The summed E-state index contributed by atoms with van der Waals surface area (Å²) in [4.78, 5) is 0. The lowest BCUT2D eigenvalue weighted by Gasteiger charge is -2.30. The summed E-state index contributed by atoms with van der Waals surface area (Å²) in [6.45, 7) is 1.63. The minimum atomic E-state index is -1.20. The van der Waals surface area contributed by atoms with E-state index >= 15 is 0 Å². The second-order valence-corrected chi connectivity index (χ2v) is 3.81. The van der Waals surface area contributed by atoms with Crippen LogP contribution in [0.3, 0.4) is 0 Å². The summed E-state index contributed by atoms with van der Waals surface area (Å²) in [5.41, 5.74) is 1.18. The van der Waals surface area contributed by atoms with Crippen molar-refractivity contribution >= 4 is 5.71 Å². The first kappa shape index (κ1) is 11.9. The quantitative estimate of drug-likeness (QED) is 0.496. The summed E-state index contributed by atoms with van der Waals surface area (Å²) in [6.07, 6.45) is -0.459. The number of hydrogen-bond acceptors (Lipinski definition) is 5. The minimum Gasteiger partial charge on any atom is -0.453 e. The number of fused-ring (bicyclic) bond motifs is 1. The lowest BCUT2D eigenvalue weighted by atomic mass is 10.0. The fourth-order valence-electron chi connectivity index (χ4n) is 2.12. The Morgan fingerprint density at radius 2 is 2.12 bits per heavy atom. The summed E-state index contributed by atoms with van der Waals surface area (Å²) >= 11 is 0. The van der Waals surface area contributed by atoms with Crippen molar-refractivity contribution in [3.63, 3.8) is 0 Å². The minimum absolute atomic E-state index is 0.308. The van der Waals surface area contributed by atoms with Crippen LogP contribution in [0, 0.1) is 0 Å². The number of rotatable bonds is 3. The van der Waals surface area contributed by atoms with E-state index in [0.29, 0.717) is 11.5 Å². The first-order chi connectivity index (χ1) is 8.19. The van der Waals surface area contributed by atoms with Gasteiger partial charge < -0.3 is 19.4 Å². The predicted octanol–water partition coefficient (Wildman–Crippen LogP) is 1.96. The van der Waals surface area contributed by atoms with Gasteiger partial charge in [-0.2, -0.15) is 0 Å². The van der Waals surface area contributed by atoms with Gasteiger partial charge in [-0.15, -0.1) is 0 Å². The fourth-order valence-corrected chi connectivity index (χ4v) is 2.12. The number of methoxy groups -OCH3 is 2. The predicted molar refractivity (Wildman–Crippen MR) is 61.5 cm³/mol. The first-order valence-corrected chi connectivity index (χ1v) is 5.24. The van der Waals surface area contributed by atoms with E-state index in [4.69, 9.17) is 19.4 Å². The molecule has 1 heterocycles. The third-order valence-corrected chi connectivity index (χ3v) is 3.00. The van der Waals surface area contributed by atoms with Crippen molar-refractivity contribution in [2.75, 3.05) is 14.2 Å². The van der Waals surface area contributed by atoms with Gasteiger partial charge in [0.2, 0.25) is 0 Å². The Morgan fingerprint density at radius 1 is 1.41 bits per heavy atom. The van der Waals surface area contributed by atoms with Crippen LogP contribution in [0.5, 0.6) is 5.75 Å². The van der Waals surface area contributed by atoms with Crippen molar-refractivity contribution in [3.05, 3.63) is 29.8 Å². The highest BCUT2D eigenvalue weighted by molar-refractivity contribution is 5.90. The second-order valence-electron chi connectivity index (χ2n) is 3.81. The molecule has 1 N–H and O–H groups in total. The molecule has 0 saturated carbocycles. The molecular formula is C12H15NO4. The molecule has 17 heavy (non-hydrogen) atoms. The van der Waals surface area contributed by atoms with E-state index < -0.39 is 11.9 Å². The number of para-hydroxylation sites is 1. The maximum atomic E-state index is 8.96. The van der Waals surface area contributed by atoms with E-state index in [1.807, 2.05) is 24.3 Å². The van der Waals surface area contributed by atoms with Crippen molar-refractivity contribution in [2.45, 2.75) is 18.8 Å². The van der Waals surface area contributed by atoms with Gasteiger partial charge >= 0.3 is 0 Å². The van der Waals surface area contributed by atoms with Crippen molar-refractivity contribution in [3.8, 4) is 5.75 Å². The van der Waals surface area contributed by atoms with Gasteiger partial charge in [0.1, 0.15) is 11.5 Å². The van der Waals surface area contributed by atoms with Gasteiger partial charge in [-0.3, -0.25) is 0 Å². The van der Waals surface area contributed by atoms with Crippen molar-refractivity contribution in [1.82, 2.24) is 0 Å². The molecule has 0 fully saturated rings. The lowest BCUT2D eigenvalue weighted by molar-refractivity contribution is -0.169. The molecular weight excluding hydrogens is 222 g/mol. The number of oxime groups is 1. The molecule has 2 atom stereocenters. The highest BCUT2D eigenvalue weighted by Gasteiger charge is 2.52. The molecule has 0 saturated heterocycles. The summed E-state index contributed by atoms with van der Waals surface area (Å²) in [6, 6.07) is 7.48. The molecule has 0 aromatic heterocycles. The van der Waals surface area contributed by atoms with Gasteiger partial charge in [-0.25, -0.2) is 0 Å². The summed E-state index contributed by atoms with van der Waals surface area (Å²) in [5, 5.41) is 12.1. The van der Waals surface area contributed by atoms with Crippen LogP contribution < -0.4 is 4.74 Å². The van der Waals surface area contributed by atoms with Gasteiger partial charge in [0.25, 0.3) is 5.79 Å². The maximum absolute atomic E-state index is 8.96. The van der Waals surface area contributed by atoms with Crippen LogP contribution in [0.15, 0.2) is 29.4 Å². The van der Waals surface area contributed by atoms with Gasteiger partial charge in [0.15, 0.2) is 6.10 Å². The van der Waals surface area contributed by atoms with Crippen LogP contribution in [0.1, 0.15) is 18.6 Å². The Hall–Kier alpha value is -1.59. The molecule has 5 nitrogen and oxygen atoms in total. The van der Waals surface area contributed by atoms with Crippen LogP contribution in [0.25, 0.3) is 0 Å². The largest absolute Gasteiger partial charge is 0.453 e. The maximum Gasteiger partial charge on any atom is 0.284 e. The molecule has 0 radical (unpaired) electrons. The molecule has 1 aromatic rings. The average molecular weight is 237 g/mol. The van der Waals surface area contributed by atoms with Crippen molar-refractivity contribution in [2.24, 2.45) is 5.16 Å². The molecule has 5 heteroatoms. The standard InChI is InChI=1S/C12H15NO4/c1-8(13-14)12(16-3)11(15-2)9-6-4-5-7-10(9)17-12/h4-7,11,14H,1-3H3/t11-,12+/m1/s1. The normalized spacial score (nSPS) is 27.7. The van der Waals surface area contributed by atoms with Crippen molar-refractivity contribution < 1.29 is 19.4 Å². The molecule has 92 valence electrons. The summed E-state index contributed by atoms with van der Waals surface area (Å²) in [7, 11) is 3.06. The second kappa shape index (κ2) is 4.35. The smallest absolute Gasteiger partial charge is 0.284 e. The fraction of sp³-hybridized carbons (Fsp3) is 0.417. The Labute approximate surface area is 99.6 Å². The molecule has 0 unspecified atom stereocenters. The van der Waals surface area contributed by atoms with Crippen LogP contribution in [0.2, 0.25) is 0 Å². The zero-order valence-electron chi connectivity index (χ0n) is 10.0. The van der Waals surface area contributed by atoms with E-state index in [-0.39, 0.29) is 0 Å². The van der Waals surface area contributed by atoms with Crippen LogP contribution >= 0.6 is 0 Å². The molecule has 1 aliphatic rings. The van der Waals surface area contributed by atoms with E-state index in [1.165, 1.54) is 7.11 Å². The molecule has 1 aliphatic heterocycles. The van der Waals surface area contributed by atoms with E-state index in [1.54, 1.807) is 14.0 Å². The van der Waals surface area contributed by atoms with Crippen molar-refractivity contribution in [1.29, 1.82) is 0 Å². The number of benzene rings is 1. The molecule has 0 amide bonds. The SMILES string of the molecule is CO[C@@H]1c2ccccc2O[C@@]1(OC)C(C)=NO. The lowest BCUT2D eigenvalue weighted by Crippen LogP contribution is -2.47. The molecule has 0 spiro atoms. The number of ether oxygens (including phenoxy) is 3. The third-order valence-electron chi connectivity index (χ3n) is 3.00. The van der Waals surface area contributed by atoms with E-state index in [2.05, 4.69) is 5.16 Å². The van der Waals surface area contributed by atoms with Gasteiger partial charge in [0, 0.05) is 19.8 Å².